The third-order valence-corrected chi connectivity index (χ3v) is 5.93. The number of nitrogens with one attached hydrogen (secondary N) is 2. The molecule has 174 valence electrons. The van der Waals surface area contributed by atoms with E-state index in [-0.39, 0.29) is 32.4 Å². The van der Waals surface area contributed by atoms with Crippen LogP contribution in [0, 0.1) is 6.92 Å². The lowest BCUT2D eigenvalue weighted by Gasteiger charge is -2.15. The average molecular weight is 500 g/mol. The number of benzene rings is 2. The fraction of sp³-hybridized carbons (Fsp3) is 0.125. The molecule has 0 unspecified atom stereocenters. The van der Waals surface area contributed by atoms with Crippen LogP contribution < -0.4 is 25.5 Å². The molecule has 0 radical (unpaired) electrons. The lowest BCUT2D eigenvalue weighted by atomic mass is 10.1. The van der Waals surface area contributed by atoms with Crippen molar-refractivity contribution in [3.05, 3.63) is 68.4 Å². The van der Waals surface area contributed by atoms with Gasteiger partial charge in [-0.1, -0.05) is 35.3 Å². The molecule has 0 aliphatic carbocycles. The molecule has 2 N–H and O–H groups in total. The Morgan fingerprint density at radius 2 is 1.76 bits per heavy atom. The van der Waals surface area contributed by atoms with Gasteiger partial charge in [0, 0.05) is 12.1 Å². The fourth-order valence-corrected chi connectivity index (χ4v) is 4.19. The Labute approximate surface area is 204 Å². The molecule has 4 aromatic rings. The summed E-state index contributed by atoms with van der Waals surface area (Å²) in [4.78, 5) is 28.3. The van der Waals surface area contributed by atoms with Gasteiger partial charge in [-0.05, 0) is 24.6 Å². The summed E-state index contributed by atoms with van der Waals surface area (Å²) in [5.41, 5.74) is 2.29. The van der Waals surface area contributed by atoms with Crippen molar-refractivity contribution in [2.75, 3.05) is 24.9 Å². The Balaban J connectivity index is 1.81. The van der Waals surface area contributed by atoms with Gasteiger partial charge in [-0.15, -0.1) is 0 Å². The maximum Gasteiger partial charge on any atom is 0.211 e. The third-order valence-electron chi connectivity index (χ3n) is 5.18. The minimum Gasteiger partial charge on any atom is -0.495 e. The lowest BCUT2D eigenvalue weighted by Crippen LogP contribution is -2.05. The quantitative estimate of drug-likeness (QED) is 0.309. The average Bonchev–Trinajstić information content (AvgIpc) is 2.82. The van der Waals surface area contributed by atoms with E-state index in [1.807, 2.05) is 19.1 Å². The normalized spacial score (nSPS) is 10.7. The van der Waals surface area contributed by atoms with Crippen LogP contribution in [0.1, 0.15) is 5.56 Å². The van der Waals surface area contributed by atoms with Crippen molar-refractivity contribution in [1.82, 2.24) is 4.98 Å². The van der Waals surface area contributed by atoms with E-state index in [0.29, 0.717) is 40.5 Å². The molecule has 8 nitrogen and oxygen atoms in total. The van der Waals surface area contributed by atoms with Gasteiger partial charge in [-0.3, -0.25) is 9.59 Å². The maximum absolute atomic E-state index is 13.0. The number of fused-ring (bicyclic) bond motifs is 1. The van der Waals surface area contributed by atoms with Crippen molar-refractivity contribution >= 4 is 57.8 Å². The first-order valence-corrected chi connectivity index (χ1v) is 10.7. The summed E-state index contributed by atoms with van der Waals surface area (Å²) in [5.74, 6) is 1.17. The summed E-state index contributed by atoms with van der Waals surface area (Å²) >= 11 is 12.9. The molecule has 4 rings (SSSR count). The van der Waals surface area contributed by atoms with Gasteiger partial charge < -0.3 is 24.5 Å². The van der Waals surface area contributed by atoms with Crippen LogP contribution in [0.4, 0.5) is 17.2 Å². The van der Waals surface area contributed by atoms with E-state index in [2.05, 4.69) is 15.6 Å². The zero-order chi connectivity index (χ0) is 24.4. The number of ether oxygens (including phenoxy) is 2. The van der Waals surface area contributed by atoms with E-state index in [1.54, 1.807) is 18.2 Å². The van der Waals surface area contributed by atoms with Gasteiger partial charge in [0.05, 0.1) is 52.8 Å². The van der Waals surface area contributed by atoms with Gasteiger partial charge >= 0.3 is 0 Å². The molecule has 0 saturated heterocycles. The molecule has 0 fully saturated rings. The molecule has 2 heterocycles. The summed E-state index contributed by atoms with van der Waals surface area (Å²) in [7, 11) is 2.91. The standard InChI is InChI=1S/C24H19Cl2N3O5/c1-12-5-4-6-14(28-11-30)24(12)29-20-7-13-15(31)8-16(34-19(13)10-27-20)21-22(25)17(32-2)9-18(33-3)23(21)26/h4-11H,1-3H3,(H,27,29)(H,28,30). The molecule has 2 aromatic carbocycles. The van der Waals surface area contributed by atoms with E-state index < -0.39 is 0 Å². The predicted octanol–water partition coefficient (Wildman–Crippen LogP) is 5.80. The number of aromatic nitrogens is 1. The molecule has 10 heteroatoms. The molecular weight excluding hydrogens is 481 g/mol. The van der Waals surface area contributed by atoms with Crippen molar-refractivity contribution in [3.8, 4) is 22.8 Å². The SMILES string of the molecule is COc1cc(OC)c(Cl)c(-c2cc(=O)c3cc(Nc4c(C)cccc4NC=O)ncc3o2)c1Cl. The van der Waals surface area contributed by atoms with E-state index in [4.69, 9.17) is 37.1 Å². The monoisotopic (exact) mass is 499 g/mol. The van der Waals surface area contributed by atoms with Gasteiger partial charge in [0.25, 0.3) is 0 Å². The number of amides is 1. The molecule has 34 heavy (non-hydrogen) atoms. The molecule has 1 amide bonds. The highest BCUT2D eigenvalue weighted by Gasteiger charge is 2.22. The Bertz CT molecular complexity index is 1440. The van der Waals surface area contributed by atoms with Crippen LogP contribution in [0.2, 0.25) is 10.0 Å². The molecule has 0 spiro atoms. The second-order valence-corrected chi connectivity index (χ2v) is 7.97. The Morgan fingerprint density at radius 3 is 2.41 bits per heavy atom. The van der Waals surface area contributed by atoms with E-state index in [1.165, 1.54) is 26.5 Å². The highest BCUT2D eigenvalue weighted by Crippen LogP contribution is 2.46. The van der Waals surface area contributed by atoms with Gasteiger partial charge in [-0.25, -0.2) is 4.98 Å². The van der Waals surface area contributed by atoms with Gasteiger partial charge in [0.2, 0.25) is 6.41 Å². The minimum atomic E-state index is -0.327. The first-order valence-electron chi connectivity index (χ1n) is 9.99. The number of anilines is 3. The Hall–Kier alpha value is -3.75. The number of hydrogen-bond donors (Lipinski definition) is 2. The van der Waals surface area contributed by atoms with Crippen LogP contribution in [-0.2, 0) is 4.79 Å². The highest BCUT2D eigenvalue weighted by molar-refractivity contribution is 6.41. The first-order chi connectivity index (χ1) is 16.4. The number of hydrogen-bond acceptors (Lipinski definition) is 7. The molecule has 2 aromatic heterocycles. The number of para-hydroxylation sites is 1. The van der Waals surface area contributed by atoms with Crippen LogP contribution in [0.25, 0.3) is 22.3 Å². The number of nitrogens with zero attached hydrogens (tertiary/aromatic N) is 1. The topological polar surface area (TPSA) is 103 Å². The Morgan fingerprint density at radius 1 is 1.06 bits per heavy atom. The van der Waals surface area contributed by atoms with Crippen LogP contribution >= 0.6 is 23.2 Å². The summed E-state index contributed by atoms with van der Waals surface area (Å²) in [6.45, 7) is 1.88. The van der Waals surface area contributed by atoms with Crippen LogP contribution in [0.3, 0.4) is 0 Å². The number of carbonyl (C=O) groups excluding carboxylic acids is 1. The summed E-state index contributed by atoms with van der Waals surface area (Å²) < 4.78 is 16.5. The van der Waals surface area contributed by atoms with Crippen LogP contribution in [0.5, 0.6) is 11.5 Å². The molecule has 0 aliphatic rings. The summed E-state index contributed by atoms with van der Waals surface area (Å²) in [5, 5.41) is 6.44. The molecular formula is C24H19Cl2N3O5. The van der Waals surface area contributed by atoms with Gasteiger partial charge in [0.1, 0.15) is 23.1 Å². The van der Waals surface area contributed by atoms with Crippen molar-refractivity contribution in [2.45, 2.75) is 6.92 Å². The van der Waals surface area contributed by atoms with Crippen molar-refractivity contribution in [2.24, 2.45) is 0 Å². The molecule has 0 atom stereocenters. The Kier molecular flexibility index (Phi) is 6.63. The second-order valence-electron chi connectivity index (χ2n) is 7.21. The fourth-order valence-electron chi connectivity index (χ4n) is 3.50. The molecule has 0 bridgehead atoms. The van der Waals surface area contributed by atoms with Gasteiger partial charge in [-0.2, -0.15) is 0 Å². The first kappa shape index (κ1) is 23.4. The summed E-state index contributed by atoms with van der Waals surface area (Å²) in [6.07, 6.45) is 2.01. The van der Waals surface area contributed by atoms with Crippen LogP contribution in [-0.4, -0.2) is 25.6 Å². The molecule has 0 aliphatic heterocycles. The predicted molar refractivity (Wildman–Crippen MR) is 133 cm³/mol. The summed E-state index contributed by atoms with van der Waals surface area (Å²) in [6, 6.07) is 9.87. The number of aryl methyl sites for hydroxylation is 1. The minimum absolute atomic E-state index is 0.142. The second kappa shape index (κ2) is 9.62. The third kappa shape index (κ3) is 4.25. The van der Waals surface area contributed by atoms with E-state index in [9.17, 15) is 9.59 Å². The van der Waals surface area contributed by atoms with E-state index >= 15 is 0 Å². The lowest BCUT2D eigenvalue weighted by molar-refractivity contribution is -0.105. The number of pyridine rings is 1. The van der Waals surface area contributed by atoms with Crippen molar-refractivity contribution < 1.29 is 18.7 Å². The van der Waals surface area contributed by atoms with Crippen LogP contribution in [0.15, 0.2) is 51.8 Å². The number of carbonyl (C=O) groups is 1. The van der Waals surface area contributed by atoms with E-state index in [0.717, 1.165) is 5.56 Å². The number of rotatable bonds is 7. The van der Waals surface area contributed by atoms with Crippen molar-refractivity contribution in [3.63, 3.8) is 0 Å². The zero-order valence-electron chi connectivity index (χ0n) is 18.4. The number of halogens is 2. The van der Waals surface area contributed by atoms with Crippen molar-refractivity contribution in [1.29, 1.82) is 0 Å². The van der Waals surface area contributed by atoms with Gasteiger partial charge in [0.15, 0.2) is 11.0 Å². The number of methoxy groups -OCH3 is 2. The highest BCUT2D eigenvalue weighted by atomic mass is 35.5. The largest absolute Gasteiger partial charge is 0.495 e. The maximum atomic E-state index is 13.0. The smallest absolute Gasteiger partial charge is 0.211 e. The zero-order valence-corrected chi connectivity index (χ0v) is 19.9. The molecule has 0 saturated carbocycles.